The van der Waals surface area contributed by atoms with E-state index in [1.54, 1.807) is 7.11 Å². The fraction of sp³-hybridized carbons (Fsp3) is 0.538. The van der Waals surface area contributed by atoms with Gasteiger partial charge in [0.1, 0.15) is 5.75 Å². The summed E-state index contributed by atoms with van der Waals surface area (Å²) in [5.74, 6) is 1.60. The fourth-order valence-corrected chi connectivity index (χ4v) is 2.08. The standard InChI is InChI=1S/C13H20BrNO/c1-10(2)9-15-7-6-11-4-5-13(16-3)12(14)8-11/h4-5,8,10,15H,6-7,9H2,1-3H3. The number of methoxy groups -OCH3 is 1. The fourth-order valence-electron chi connectivity index (χ4n) is 1.49. The summed E-state index contributed by atoms with van der Waals surface area (Å²) < 4.78 is 6.22. The predicted octanol–water partition coefficient (Wildman–Crippen LogP) is 3.25. The van der Waals surface area contributed by atoms with Crippen molar-refractivity contribution in [3.05, 3.63) is 28.2 Å². The third kappa shape index (κ3) is 4.54. The lowest BCUT2D eigenvalue weighted by atomic mass is 10.1. The van der Waals surface area contributed by atoms with Crippen LogP contribution in [0.2, 0.25) is 0 Å². The number of nitrogens with one attached hydrogen (secondary N) is 1. The van der Waals surface area contributed by atoms with Crippen molar-refractivity contribution in [1.82, 2.24) is 5.32 Å². The molecular formula is C13H20BrNO. The highest BCUT2D eigenvalue weighted by atomic mass is 79.9. The van der Waals surface area contributed by atoms with Gasteiger partial charge in [0.15, 0.2) is 0 Å². The first-order chi connectivity index (χ1) is 7.63. The van der Waals surface area contributed by atoms with Gasteiger partial charge in [0.25, 0.3) is 0 Å². The van der Waals surface area contributed by atoms with Gasteiger partial charge in [0, 0.05) is 0 Å². The number of benzene rings is 1. The Bertz CT molecular complexity index is 326. The van der Waals surface area contributed by atoms with Crippen molar-refractivity contribution in [2.75, 3.05) is 20.2 Å². The van der Waals surface area contributed by atoms with Crippen LogP contribution >= 0.6 is 15.9 Å². The van der Waals surface area contributed by atoms with E-state index in [4.69, 9.17) is 4.74 Å². The third-order valence-electron chi connectivity index (χ3n) is 2.36. The van der Waals surface area contributed by atoms with Gasteiger partial charge in [-0.1, -0.05) is 19.9 Å². The molecule has 0 fully saturated rings. The first-order valence-electron chi connectivity index (χ1n) is 5.66. The van der Waals surface area contributed by atoms with Gasteiger partial charge in [0.2, 0.25) is 0 Å². The summed E-state index contributed by atoms with van der Waals surface area (Å²) in [5, 5.41) is 3.43. The average molecular weight is 286 g/mol. The Hall–Kier alpha value is -0.540. The Morgan fingerprint density at radius 2 is 2.12 bits per heavy atom. The third-order valence-corrected chi connectivity index (χ3v) is 2.98. The van der Waals surface area contributed by atoms with Gasteiger partial charge in [-0.2, -0.15) is 0 Å². The van der Waals surface area contributed by atoms with Crippen LogP contribution in [0.4, 0.5) is 0 Å². The van der Waals surface area contributed by atoms with Gasteiger partial charge in [-0.05, 0) is 59.1 Å². The molecule has 0 atom stereocenters. The molecule has 0 spiro atoms. The first-order valence-corrected chi connectivity index (χ1v) is 6.46. The topological polar surface area (TPSA) is 21.3 Å². The second-order valence-electron chi connectivity index (χ2n) is 4.32. The molecule has 1 aromatic rings. The Balaban J connectivity index is 2.40. The van der Waals surface area contributed by atoms with E-state index in [9.17, 15) is 0 Å². The minimum atomic E-state index is 0.711. The van der Waals surface area contributed by atoms with Crippen molar-refractivity contribution >= 4 is 15.9 Å². The maximum Gasteiger partial charge on any atom is 0.133 e. The minimum Gasteiger partial charge on any atom is -0.496 e. The molecule has 0 saturated carbocycles. The molecule has 0 aliphatic heterocycles. The normalized spacial score (nSPS) is 10.8. The van der Waals surface area contributed by atoms with Crippen LogP contribution < -0.4 is 10.1 Å². The lowest BCUT2D eigenvalue weighted by Crippen LogP contribution is -2.22. The smallest absolute Gasteiger partial charge is 0.133 e. The Morgan fingerprint density at radius 1 is 1.38 bits per heavy atom. The number of rotatable bonds is 6. The van der Waals surface area contributed by atoms with Crippen LogP contribution in [0.5, 0.6) is 5.75 Å². The van der Waals surface area contributed by atoms with Crippen molar-refractivity contribution in [3.63, 3.8) is 0 Å². The van der Waals surface area contributed by atoms with Crippen molar-refractivity contribution < 1.29 is 4.74 Å². The van der Waals surface area contributed by atoms with Crippen molar-refractivity contribution in [3.8, 4) is 5.75 Å². The quantitative estimate of drug-likeness (QED) is 0.811. The molecule has 90 valence electrons. The van der Waals surface area contributed by atoms with Crippen molar-refractivity contribution in [2.24, 2.45) is 5.92 Å². The molecule has 3 heteroatoms. The number of ether oxygens (including phenoxy) is 1. The van der Waals surface area contributed by atoms with Gasteiger partial charge in [-0.25, -0.2) is 0 Å². The number of halogens is 1. The number of hydrogen-bond donors (Lipinski definition) is 1. The minimum absolute atomic E-state index is 0.711. The molecule has 0 aliphatic rings. The SMILES string of the molecule is COc1ccc(CCNCC(C)C)cc1Br. The highest BCUT2D eigenvalue weighted by Gasteiger charge is 2.01. The van der Waals surface area contributed by atoms with E-state index in [0.717, 1.165) is 29.7 Å². The van der Waals surface area contributed by atoms with Gasteiger partial charge in [-0.3, -0.25) is 0 Å². The molecule has 0 heterocycles. The molecule has 0 saturated heterocycles. The van der Waals surface area contributed by atoms with Gasteiger partial charge in [0.05, 0.1) is 11.6 Å². The molecule has 0 aliphatic carbocycles. The molecule has 0 radical (unpaired) electrons. The van der Waals surface area contributed by atoms with Crippen LogP contribution in [0.3, 0.4) is 0 Å². The predicted molar refractivity (Wildman–Crippen MR) is 72.1 cm³/mol. The Labute approximate surface area is 107 Å². The van der Waals surface area contributed by atoms with E-state index in [0.29, 0.717) is 5.92 Å². The largest absolute Gasteiger partial charge is 0.496 e. The van der Waals surface area contributed by atoms with E-state index >= 15 is 0 Å². The zero-order valence-corrected chi connectivity index (χ0v) is 11.8. The summed E-state index contributed by atoms with van der Waals surface area (Å²) in [6.45, 7) is 6.54. The molecule has 0 amide bonds. The maximum atomic E-state index is 5.19. The summed E-state index contributed by atoms with van der Waals surface area (Å²) in [6, 6.07) is 6.23. The molecule has 1 aromatic carbocycles. The summed E-state index contributed by atoms with van der Waals surface area (Å²) >= 11 is 3.49. The second kappa shape index (κ2) is 6.92. The number of hydrogen-bond acceptors (Lipinski definition) is 2. The molecule has 1 N–H and O–H groups in total. The summed E-state index contributed by atoms with van der Waals surface area (Å²) in [6.07, 6.45) is 1.05. The van der Waals surface area contributed by atoms with E-state index in [-0.39, 0.29) is 0 Å². The van der Waals surface area contributed by atoms with Crippen LogP contribution in [0.15, 0.2) is 22.7 Å². The maximum absolute atomic E-state index is 5.19. The lowest BCUT2D eigenvalue weighted by Gasteiger charge is -2.08. The first kappa shape index (κ1) is 13.5. The zero-order chi connectivity index (χ0) is 12.0. The summed E-state index contributed by atoms with van der Waals surface area (Å²) in [7, 11) is 1.68. The molecule has 0 aromatic heterocycles. The summed E-state index contributed by atoms with van der Waals surface area (Å²) in [5.41, 5.74) is 1.32. The van der Waals surface area contributed by atoms with Gasteiger partial charge < -0.3 is 10.1 Å². The van der Waals surface area contributed by atoms with E-state index in [1.165, 1.54) is 5.56 Å². The molecule has 1 rings (SSSR count). The highest BCUT2D eigenvalue weighted by molar-refractivity contribution is 9.10. The van der Waals surface area contributed by atoms with Crippen LogP contribution in [0.1, 0.15) is 19.4 Å². The van der Waals surface area contributed by atoms with E-state index in [2.05, 4.69) is 47.2 Å². The zero-order valence-electron chi connectivity index (χ0n) is 10.2. The highest BCUT2D eigenvalue weighted by Crippen LogP contribution is 2.25. The lowest BCUT2D eigenvalue weighted by molar-refractivity contribution is 0.412. The molecule has 16 heavy (non-hydrogen) atoms. The Kier molecular flexibility index (Phi) is 5.85. The molecule has 0 unspecified atom stereocenters. The van der Waals surface area contributed by atoms with Gasteiger partial charge in [-0.15, -0.1) is 0 Å². The van der Waals surface area contributed by atoms with Crippen LogP contribution in [-0.2, 0) is 6.42 Å². The summed E-state index contributed by atoms with van der Waals surface area (Å²) in [4.78, 5) is 0. The van der Waals surface area contributed by atoms with Crippen molar-refractivity contribution in [1.29, 1.82) is 0 Å². The molecule has 2 nitrogen and oxygen atoms in total. The van der Waals surface area contributed by atoms with Crippen LogP contribution in [-0.4, -0.2) is 20.2 Å². The van der Waals surface area contributed by atoms with E-state index < -0.39 is 0 Å². The second-order valence-corrected chi connectivity index (χ2v) is 5.17. The van der Waals surface area contributed by atoms with Gasteiger partial charge >= 0.3 is 0 Å². The molecular weight excluding hydrogens is 266 g/mol. The van der Waals surface area contributed by atoms with Crippen LogP contribution in [0.25, 0.3) is 0 Å². The van der Waals surface area contributed by atoms with Crippen molar-refractivity contribution in [2.45, 2.75) is 20.3 Å². The monoisotopic (exact) mass is 285 g/mol. The van der Waals surface area contributed by atoms with E-state index in [1.807, 2.05) is 6.07 Å². The Morgan fingerprint density at radius 3 is 2.69 bits per heavy atom. The average Bonchev–Trinajstić information content (AvgIpc) is 2.24. The van der Waals surface area contributed by atoms with Crippen LogP contribution in [0, 0.1) is 5.92 Å². The molecule has 0 bridgehead atoms.